The van der Waals surface area contributed by atoms with Crippen LogP contribution in [0.15, 0.2) is 12.7 Å². The van der Waals surface area contributed by atoms with Crippen LogP contribution in [0.5, 0.6) is 0 Å². The molecule has 0 aliphatic heterocycles. The second kappa shape index (κ2) is 5.63. The summed E-state index contributed by atoms with van der Waals surface area (Å²) in [6.45, 7) is 5.37. The van der Waals surface area contributed by atoms with Crippen LogP contribution in [0.4, 0.5) is 0 Å². The number of carbonyl (C=O) groups is 1. The van der Waals surface area contributed by atoms with Gasteiger partial charge in [0.1, 0.15) is 12.4 Å². The fraction of sp³-hybridized carbons (Fsp3) is 0.500. The zero-order chi connectivity index (χ0) is 8.69. The molecule has 0 aromatic carbocycles. The van der Waals surface area contributed by atoms with Gasteiger partial charge < -0.3 is 9.53 Å². The van der Waals surface area contributed by atoms with Gasteiger partial charge in [-0.1, -0.05) is 6.08 Å². The van der Waals surface area contributed by atoms with Crippen LogP contribution in [0.25, 0.3) is 0 Å². The lowest BCUT2D eigenvalue weighted by Gasteiger charge is -2.10. The number of hydrogen-bond acceptors (Lipinski definition) is 3. The van der Waals surface area contributed by atoms with Crippen molar-refractivity contribution in [3.63, 3.8) is 0 Å². The zero-order valence-electron chi connectivity index (χ0n) is 6.49. The lowest BCUT2D eigenvalue weighted by atomic mass is 10.1. The summed E-state index contributed by atoms with van der Waals surface area (Å²) in [4.78, 5) is 10.3. The molecule has 0 amide bonds. The van der Waals surface area contributed by atoms with E-state index in [1.54, 1.807) is 13.0 Å². The fourth-order valence-corrected chi connectivity index (χ4v) is 0.554. The highest BCUT2D eigenvalue weighted by Gasteiger charge is 2.15. The molecule has 60 valence electrons. The quantitative estimate of drug-likeness (QED) is 0.436. The summed E-state index contributed by atoms with van der Waals surface area (Å²) in [6.07, 6.45) is 1.55. The summed E-state index contributed by atoms with van der Waals surface area (Å²) in [6, 6.07) is 1.93. The molecule has 0 bridgehead atoms. The van der Waals surface area contributed by atoms with Gasteiger partial charge in [-0.3, -0.25) is 0 Å². The maximum atomic E-state index is 10.3. The largest absolute Gasteiger partial charge is 0.365 e. The maximum absolute atomic E-state index is 10.3. The molecule has 0 aromatic rings. The SMILES string of the molecule is C=CCOC(C=O)C(C)C#N. The monoisotopic (exact) mass is 153 g/mol. The fourth-order valence-electron chi connectivity index (χ4n) is 0.554. The highest BCUT2D eigenvalue weighted by Crippen LogP contribution is 2.02. The van der Waals surface area contributed by atoms with E-state index in [0.717, 1.165) is 0 Å². The van der Waals surface area contributed by atoms with Crippen LogP contribution in [0.3, 0.4) is 0 Å². The molecule has 0 fully saturated rings. The molecule has 0 saturated carbocycles. The van der Waals surface area contributed by atoms with Gasteiger partial charge in [0.05, 0.1) is 18.6 Å². The number of nitrogens with zero attached hydrogens (tertiary/aromatic N) is 1. The third kappa shape index (κ3) is 3.54. The van der Waals surface area contributed by atoms with Gasteiger partial charge in [-0.25, -0.2) is 0 Å². The molecule has 0 saturated heterocycles. The number of carbonyl (C=O) groups excluding carboxylic acids is 1. The van der Waals surface area contributed by atoms with Crippen LogP contribution in [-0.4, -0.2) is 19.0 Å². The van der Waals surface area contributed by atoms with Crippen molar-refractivity contribution >= 4 is 6.29 Å². The molecular formula is C8H11NO2. The second-order valence-corrected chi connectivity index (χ2v) is 2.14. The summed E-state index contributed by atoms with van der Waals surface area (Å²) in [5.41, 5.74) is 0. The highest BCUT2D eigenvalue weighted by atomic mass is 16.5. The van der Waals surface area contributed by atoms with E-state index in [1.165, 1.54) is 0 Å². The molecule has 0 radical (unpaired) electrons. The van der Waals surface area contributed by atoms with E-state index in [1.807, 2.05) is 6.07 Å². The van der Waals surface area contributed by atoms with Crippen molar-refractivity contribution < 1.29 is 9.53 Å². The molecule has 2 unspecified atom stereocenters. The normalized spacial score (nSPS) is 14.5. The molecule has 0 aromatic heterocycles. The summed E-state index contributed by atoms with van der Waals surface area (Å²) in [5, 5.41) is 8.42. The predicted octanol–water partition coefficient (Wildman–Crippen LogP) is 0.916. The van der Waals surface area contributed by atoms with Gasteiger partial charge in [-0.05, 0) is 6.92 Å². The molecule has 0 heterocycles. The second-order valence-electron chi connectivity index (χ2n) is 2.14. The van der Waals surface area contributed by atoms with E-state index in [4.69, 9.17) is 10.00 Å². The summed E-state index contributed by atoms with van der Waals surface area (Å²) in [7, 11) is 0. The summed E-state index contributed by atoms with van der Waals surface area (Å²) >= 11 is 0. The van der Waals surface area contributed by atoms with Gasteiger partial charge in [-0.2, -0.15) is 5.26 Å². The third-order valence-electron chi connectivity index (χ3n) is 1.24. The Bertz CT molecular complexity index is 171. The zero-order valence-corrected chi connectivity index (χ0v) is 6.49. The topological polar surface area (TPSA) is 50.1 Å². The van der Waals surface area contributed by atoms with E-state index < -0.39 is 12.0 Å². The lowest BCUT2D eigenvalue weighted by molar-refractivity contribution is -0.118. The number of hydrogen-bond donors (Lipinski definition) is 0. The van der Waals surface area contributed by atoms with Gasteiger partial charge in [-0.15, -0.1) is 6.58 Å². The molecule has 0 rings (SSSR count). The highest BCUT2D eigenvalue weighted by molar-refractivity contribution is 5.57. The Morgan fingerprint density at radius 3 is 2.82 bits per heavy atom. The van der Waals surface area contributed by atoms with Gasteiger partial charge in [0.25, 0.3) is 0 Å². The smallest absolute Gasteiger partial charge is 0.150 e. The molecule has 3 nitrogen and oxygen atoms in total. The van der Waals surface area contributed by atoms with Gasteiger partial charge in [0.15, 0.2) is 0 Å². The molecule has 0 N–H and O–H groups in total. The Morgan fingerprint density at radius 2 is 2.45 bits per heavy atom. The molecular weight excluding hydrogens is 142 g/mol. The van der Waals surface area contributed by atoms with Crippen LogP contribution < -0.4 is 0 Å². The molecule has 11 heavy (non-hydrogen) atoms. The van der Waals surface area contributed by atoms with Crippen molar-refractivity contribution in [2.75, 3.05) is 6.61 Å². The molecule has 0 aliphatic carbocycles. The number of ether oxygens (including phenoxy) is 1. The molecule has 3 heteroatoms. The predicted molar refractivity (Wildman–Crippen MR) is 40.8 cm³/mol. The lowest BCUT2D eigenvalue weighted by Crippen LogP contribution is -2.22. The van der Waals surface area contributed by atoms with E-state index >= 15 is 0 Å². The minimum Gasteiger partial charge on any atom is -0.365 e. The number of aldehydes is 1. The average molecular weight is 153 g/mol. The van der Waals surface area contributed by atoms with Crippen LogP contribution in [0.2, 0.25) is 0 Å². The first-order valence-electron chi connectivity index (χ1n) is 3.33. The Balaban J connectivity index is 3.86. The van der Waals surface area contributed by atoms with Crippen molar-refractivity contribution in [2.45, 2.75) is 13.0 Å². The third-order valence-corrected chi connectivity index (χ3v) is 1.24. The number of nitriles is 1. The van der Waals surface area contributed by atoms with Crippen molar-refractivity contribution in [3.8, 4) is 6.07 Å². The Kier molecular flexibility index (Phi) is 5.05. The Hall–Kier alpha value is -1.14. The first-order chi connectivity index (χ1) is 5.26. The van der Waals surface area contributed by atoms with Crippen LogP contribution in [0.1, 0.15) is 6.92 Å². The average Bonchev–Trinajstić information content (AvgIpc) is 2.05. The van der Waals surface area contributed by atoms with Crippen molar-refractivity contribution in [2.24, 2.45) is 5.92 Å². The van der Waals surface area contributed by atoms with Crippen LogP contribution in [0, 0.1) is 17.2 Å². The maximum Gasteiger partial charge on any atom is 0.150 e. The van der Waals surface area contributed by atoms with Crippen molar-refractivity contribution in [1.29, 1.82) is 5.26 Å². The molecule has 0 spiro atoms. The van der Waals surface area contributed by atoms with Gasteiger partial charge in [0, 0.05) is 0 Å². The first kappa shape index (κ1) is 9.86. The minimum absolute atomic E-state index is 0.301. The van der Waals surface area contributed by atoms with Crippen LogP contribution >= 0.6 is 0 Å². The van der Waals surface area contributed by atoms with E-state index in [9.17, 15) is 4.79 Å². The van der Waals surface area contributed by atoms with E-state index in [-0.39, 0.29) is 0 Å². The van der Waals surface area contributed by atoms with Crippen molar-refractivity contribution in [1.82, 2.24) is 0 Å². The Morgan fingerprint density at radius 1 is 1.82 bits per heavy atom. The molecule has 2 atom stereocenters. The minimum atomic E-state index is -0.627. The first-order valence-corrected chi connectivity index (χ1v) is 3.33. The summed E-state index contributed by atoms with van der Waals surface area (Å²) in [5.74, 6) is -0.396. The number of rotatable bonds is 5. The standard InChI is InChI=1S/C8H11NO2/c1-3-4-11-8(6-10)7(2)5-9/h3,6-8H,1,4H2,2H3. The van der Waals surface area contributed by atoms with Crippen LogP contribution in [-0.2, 0) is 9.53 Å². The molecule has 0 aliphatic rings. The van der Waals surface area contributed by atoms with Crippen molar-refractivity contribution in [3.05, 3.63) is 12.7 Å². The Labute approximate surface area is 66.3 Å². The van der Waals surface area contributed by atoms with Gasteiger partial charge >= 0.3 is 0 Å². The summed E-state index contributed by atoms with van der Waals surface area (Å²) < 4.78 is 4.98. The van der Waals surface area contributed by atoms with E-state index in [2.05, 4.69) is 6.58 Å². The van der Waals surface area contributed by atoms with E-state index in [0.29, 0.717) is 12.9 Å². The van der Waals surface area contributed by atoms with Gasteiger partial charge in [0.2, 0.25) is 0 Å².